The van der Waals surface area contributed by atoms with E-state index in [1.807, 2.05) is 0 Å². The van der Waals surface area contributed by atoms with Crippen LogP contribution in [0.2, 0.25) is 0 Å². The van der Waals surface area contributed by atoms with Gasteiger partial charge in [0.25, 0.3) is 0 Å². The van der Waals surface area contributed by atoms with Gasteiger partial charge >= 0.3 is 5.97 Å². The van der Waals surface area contributed by atoms with Crippen LogP contribution in [0.5, 0.6) is 0 Å². The maximum Gasteiger partial charge on any atom is 0.306 e. The van der Waals surface area contributed by atoms with Gasteiger partial charge in [-0.2, -0.15) is 0 Å². The number of hydrogen-bond donors (Lipinski definition) is 3. The zero-order chi connectivity index (χ0) is 13.1. The Morgan fingerprint density at radius 3 is 3.00 bits per heavy atom. The third-order valence-corrected chi connectivity index (χ3v) is 2.62. The Morgan fingerprint density at radius 2 is 2.28 bits per heavy atom. The summed E-state index contributed by atoms with van der Waals surface area (Å²) in [7, 11) is 0. The van der Waals surface area contributed by atoms with Gasteiger partial charge in [-0.3, -0.25) is 9.59 Å². The minimum Gasteiger partial charge on any atom is -0.481 e. The minimum absolute atomic E-state index is 0.0453. The Balaban J connectivity index is 2.04. The number of carbonyl (C=O) groups is 2. The number of amides is 1. The first-order valence-corrected chi connectivity index (χ1v) is 5.52. The summed E-state index contributed by atoms with van der Waals surface area (Å²) >= 11 is 0. The van der Waals surface area contributed by atoms with Crippen molar-refractivity contribution in [2.45, 2.75) is 13.3 Å². The van der Waals surface area contributed by atoms with Crippen molar-refractivity contribution in [3.63, 3.8) is 0 Å². The standard InChI is InChI=1S/C12H13N3O3/c1-7(12(17)18)4-11(16)15-8-2-3-9-10(5-8)14-6-13-9/h2-3,5-7H,4H2,1H3,(H,13,14)(H,15,16)(H,17,18). The van der Waals surface area contributed by atoms with Crippen molar-refractivity contribution >= 4 is 28.6 Å². The number of fused-ring (bicyclic) bond motifs is 1. The van der Waals surface area contributed by atoms with Gasteiger partial charge < -0.3 is 15.4 Å². The monoisotopic (exact) mass is 247 g/mol. The number of nitrogens with zero attached hydrogens (tertiary/aromatic N) is 1. The Kier molecular flexibility index (Phi) is 3.27. The van der Waals surface area contributed by atoms with E-state index in [1.54, 1.807) is 24.5 Å². The van der Waals surface area contributed by atoms with Gasteiger partial charge in [0, 0.05) is 12.1 Å². The first-order chi connectivity index (χ1) is 8.56. The van der Waals surface area contributed by atoms with Crippen molar-refractivity contribution < 1.29 is 14.7 Å². The Morgan fingerprint density at radius 1 is 1.50 bits per heavy atom. The fourth-order valence-corrected chi connectivity index (χ4v) is 1.59. The third kappa shape index (κ3) is 2.65. The summed E-state index contributed by atoms with van der Waals surface area (Å²) in [4.78, 5) is 29.2. The molecule has 1 unspecified atom stereocenters. The molecule has 18 heavy (non-hydrogen) atoms. The van der Waals surface area contributed by atoms with Gasteiger partial charge in [-0.05, 0) is 18.2 Å². The number of aromatic amines is 1. The van der Waals surface area contributed by atoms with E-state index in [0.29, 0.717) is 5.69 Å². The van der Waals surface area contributed by atoms with Crippen molar-refractivity contribution in [1.29, 1.82) is 0 Å². The van der Waals surface area contributed by atoms with Crippen molar-refractivity contribution in [3.8, 4) is 0 Å². The summed E-state index contributed by atoms with van der Waals surface area (Å²) in [6, 6.07) is 5.26. The predicted molar refractivity (Wildman–Crippen MR) is 66.1 cm³/mol. The Labute approximate surface area is 103 Å². The first-order valence-electron chi connectivity index (χ1n) is 5.52. The number of carboxylic acid groups (broad SMARTS) is 1. The quantitative estimate of drug-likeness (QED) is 0.764. The number of aromatic nitrogens is 2. The molecule has 2 rings (SSSR count). The number of aliphatic carboxylic acids is 1. The van der Waals surface area contributed by atoms with E-state index in [1.165, 1.54) is 6.92 Å². The second-order valence-corrected chi connectivity index (χ2v) is 4.13. The van der Waals surface area contributed by atoms with Crippen LogP contribution in [0.1, 0.15) is 13.3 Å². The molecule has 0 aliphatic heterocycles. The molecule has 0 bridgehead atoms. The molecule has 1 aromatic heterocycles. The lowest BCUT2D eigenvalue weighted by Crippen LogP contribution is -2.19. The molecule has 0 fully saturated rings. The molecule has 1 amide bonds. The molecule has 6 nitrogen and oxygen atoms in total. The molecule has 0 spiro atoms. The summed E-state index contributed by atoms with van der Waals surface area (Å²) in [5, 5.41) is 11.4. The van der Waals surface area contributed by atoms with E-state index < -0.39 is 11.9 Å². The van der Waals surface area contributed by atoms with Gasteiger partial charge in [-0.25, -0.2) is 4.98 Å². The number of H-pyrrole nitrogens is 1. The lowest BCUT2D eigenvalue weighted by Gasteiger charge is -2.07. The molecule has 0 saturated carbocycles. The highest BCUT2D eigenvalue weighted by molar-refractivity contribution is 5.94. The van der Waals surface area contributed by atoms with Gasteiger partial charge in [0.15, 0.2) is 0 Å². The van der Waals surface area contributed by atoms with Crippen LogP contribution in [-0.4, -0.2) is 27.0 Å². The summed E-state index contributed by atoms with van der Waals surface area (Å²) in [6.45, 7) is 1.50. The number of anilines is 1. The van der Waals surface area contributed by atoms with Gasteiger partial charge in [-0.15, -0.1) is 0 Å². The molecule has 1 heterocycles. The van der Waals surface area contributed by atoms with E-state index in [2.05, 4.69) is 15.3 Å². The highest BCUT2D eigenvalue weighted by Crippen LogP contribution is 2.16. The SMILES string of the molecule is CC(CC(=O)Nc1ccc2nc[nH]c2c1)C(=O)O. The van der Waals surface area contributed by atoms with Crippen LogP contribution >= 0.6 is 0 Å². The number of carboxylic acids is 1. The number of nitrogens with one attached hydrogen (secondary N) is 2. The van der Waals surface area contributed by atoms with Crippen molar-refractivity contribution in [2.75, 3.05) is 5.32 Å². The van der Waals surface area contributed by atoms with Crippen LogP contribution in [0, 0.1) is 5.92 Å². The minimum atomic E-state index is -0.978. The fraction of sp³-hybridized carbons (Fsp3) is 0.250. The Hall–Kier alpha value is -2.37. The number of rotatable bonds is 4. The highest BCUT2D eigenvalue weighted by atomic mass is 16.4. The van der Waals surface area contributed by atoms with Crippen LogP contribution in [0.3, 0.4) is 0 Å². The molecule has 2 aromatic rings. The third-order valence-electron chi connectivity index (χ3n) is 2.62. The zero-order valence-corrected chi connectivity index (χ0v) is 9.80. The molecule has 0 aliphatic rings. The van der Waals surface area contributed by atoms with Gasteiger partial charge in [-0.1, -0.05) is 6.92 Å². The molecule has 6 heteroatoms. The van der Waals surface area contributed by atoms with Crippen LogP contribution in [0.15, 0.2) is 24.5 Å². The average Bonchev–Trinajstić information content (AvgIpc) is 2.75. The maximum atomic E-state index is 11.6. The van der Waals surface area contributed by atoms with Crippen molar-refractivity contribution in [1.82, 2.24) is 9.97 Å². The molecule has 0 aliphatic carbocycles. The summed E-state index contributed by atoms with van der Waals surface area (Å²) in [5.41, 5.74) is 2.25. The highest BCUT2D eigenvalue weighted by Gasteiger charge is 2.15. The van der Waals surface area contributed by atoms with Gasteiger partial charge in [0.1, 0.15) is 0 Å². The van der Waals surface area contributed by atoms with E-state index in [9.17, 15) is 9.59 Å². The molecule has 0 saturated heterocycles. The van der Waals surface area contributed by atoms with E-state index in [4.69, 9.17) is 5.11 Å². The molecule has 0 radical (unpaired) electrons. The van der Waals surface area contributed by atoms with Crippen LogP contribution in [0.25, 0.3) is 11.0 Å². The van der Waals surface area contributed by atoms with Crippen molar-refractivity contribution in [2.24, 2.45) is 5.92 Å². The second kappa shape index (κ2) is 4.87. The number of imidazole rings is 1. The molecular weight excluding hydrogens is 234 g/mol. The van der Waals surface area contributed by atoms with E-state index in [0.717, 1.165) is 11.0 Å². The lowest BCUT2D eigenvalue weighted by molar-refractivity contribution is -0.142. The Bertz CT molecular complexity index is 591. The zero-order valence-electron chi connectivity index (χ0n) is 9.80. The molecular formula is C12H13N3O3. The topological polar surface area (TPSA) is 95.1 Å². The smallest absolute Gasteiger partial charge is 0.306 e. The maximum absolute atomic E-state index is 11.6. The predicted octanol–water partition coefficient (Wildman–Crippen LogP) is 1.61. The first kappa shape index (κ1) is 12.1. The largest absolute Gasteiger partial charge is 0.481 e. The van der Waals surface area contributed by atoms with Crippen LogP contribution in [-0.2, 0) is 9.59 Å². The lowest BCUT2D eigenvalue weighted by atomic mass is 10.1. The van der Waals surface area contributed by atoms with E-state index in [-0.39, 0.29) is 12.3 Å². The molecule has 3 N–H and O–H groups in total. The normalized spacial score (nSPS) is 12.3. The summed E-state index contributed by atoms with van der Waals surface area (Å²) in [6.07, 6.45) is 1.53. The van der Waals surface area contributed by atoms with Gasteiger partial charge in [0.2, 0.25) is 5.91 Å². The molecule has 94 valence electrons. The number of benzene rings is 1. The number of hydrogen-bond acceptors (Lipinski definition) is 3. The summed E-state index contributed by atoms with van der Waals surface area (Å²) in [5.74, 6) is -1.99. The van der Waals surface area contributed by atoms with Crippen LogP contribution in [0.4, 0.5) is 5.69 Å². The fourth-order valence-electron chi connectivity index (χ4n) is 1.59. The molecule has 1 atom stereocenters. The van der Waals surface area contributed by atoms with Gasteiger partial charge in [0.05, 0.1) is 23.3 Å². The second-order valence-electron chi connectivity index (χ2n) is 4.13. The van der Waals surface area contributed by atoms with Crippen LogP contribution < -0.4 is 5.32 Å². The van der Waals surface area contributed by atoms with E-state index >= 15 is 0 Å². The number of carbonyl (C=O) groups excluding carboxylic acids is 1. The van der Waals surface area contributed by atoms with Crippen molar-refractivity contribution in [3.05, 3.63) is 24.5 Å². The molecule has 1 aromatic carbocycles. The average molecular weight is 247 g/mol. The summed E-state index contributed by atoms with van der Waals surface area (Å²) < 4.78 is 0.